The van der Waals surface area contributed by atoms with Crippen LogP contribution in [0.3, 0.4) is 0 Å². The number of benzene rings is 6. The van der Waals surface area contributed by atoms with Gasteiger partial charge in [-0.2, -0.15) is 17.2 Å². The maximum Gasteiger partial charge on any atom is 0.261 e. The van der Waals surface area contributed by atoms with E-state index in [0.717, 1.165) is 65.9 Å². The molecule has 0 amide bonds. The van der Waals surface area contributed by atoms with Crippen LogP contribution < -0.4 is 10.6 Å². The number of ketones is 2. The molecule has 6 aromatic carbocycles. The van der Waals surface area contributed by atoms with Crippen molar-refractivity contribution in [3.05, 3.63) is 179 Å². The van der Waals surface area contributed by atoms with Crippen LogP contribution >= 0.6 is 33.8 Å². The van der Waals surface area contributed by atoms with Crippen molar-refractivity contribution in [2.24, 2.45) is 0 Å². The minimum absolute atomic E-state index is 0. The molecule has 12 rings (SSSR count). The molecule has 0 aromatic heterocycles. The van der Waals surface area contributed by atoms with Crippen LogP contribution in [0.4, 0.5) is 0 Å². The predicted molar refractivity (Wildman–Crippen MR) is 462 cm³/mol. The molecule has 6 aromatic rings. The summed E-state index contributed by atoms with van der Waals surface area (Å²) in [7, 11) is -11.1. The second-order valence-electron chi connectivity index (χ2n) is 30.2. The molecule has 636 valence electrons. The zero-order valence-electron chi connectivity index (χ0n) is 68.5. The molecule has 0 saturated carbocycles. The Bertz CT molecular complexity index is 4990. The lowest BCUT2D eigenvalue weighted by Gasteiger charge is -2.42. The monoisotopic (exact) mass is 1770 g/mol. The van der Waals surface area contributed by atoms with Crippen molar-refractivity contribution >= 4 is 104 Å². The maximum absolute atomic E-state index is 13.5. The maximum atomic E-state index is 13.5. The van der Waals surface area contributed by atoms with E-state index < -0.39 is 63.9 Å². The van der Waals surface area contributed by atoms with Gasteiger partial charge in [0.1, 0.15) is 23.0 Å². The van der Waals surface area contributed by atoms with Crippen LogP contribution in [-0.2, 0) is 77.3 Å². The van der Waals surface area contributed by atoms with Gasteiger partial charge in [0.25, 0.3) is 18.1 Å². The van der Waals surface area contributed by atoms with Gasteiger partial charge in [-0.1, -0.05) is 162 Å². The molecule has 116 heavy (non-hydrogen) atoms. The second-order valence-corrected chi connectivity index (χ2v) is 43.0. The van der Waals surface area contributed by atoms with E-state index in [9.17, 15) is 60.1 Å². The van der Waals surface area contributed by atoms with Crippen molar-refractivity contribution in [1.82, 2.24) is 27.9 Å². The van der Waals surface area contributed by atoms with E-state index in [0.29, 0.717) is 129 Å². The van der Waals surface area contributed by atoms with Crippen LogP contribution in [0.2, 0.25) is 0 Å². The lowest BCUT2D eigenvalue weighted by Crippen LogP contribution is -2.55. The molecule has 0 aliphatic carbocycles. The molecular weight excluding hydrogens is 1660 g/mol. The van der Waals surface area contributed by atoms with Crippen molar-refractivity contribution in [3.8, 4) is 36.0 Å². The van der Waals surface area contributed by atoms with E-state index in [1.165, 1.54) is 37.2 Å². The molecule has 31 heteroatoms. The van der Waals surface area contributed by atoms with Crippen LogP contribution in [-0.4, -0.2) is 169 Å². The van der Waals surface area contributed by atoms with Crippen LogP contribution in [0.5, 0.6) is 0 Å². The number of hydrogen-bond acceptors (Lipinski definition) is 18. The van der Waals surface area contributed by atoms with Gasteiger partial charge >= 0.3 is 0 Å². The number of piperidine rings is 4. The largest absolute Gasteiger partial charge is 0.359 e. The molecule has 22 nitrogen and oxygen atoms in total. The summed E-state index contributed by atoms with van der Waals surface area (Å²) in [5, 5.41) is 6.45. The zero-order chi connectivity index (χ0) is 85.3. The highest BCUT2D eigenvalue weighted by atomic mass is 35.7. The summed E-state index contributed by atoms with van der Waals surface area (Å²) in [6.45, 7) is 32.4. The third kappa shape index (κ3) is 28.9. The first-order valence-electron chi connectivity index (χ1n) is 38.6. The number of terminal acetylenes is 1. The van der Waals surface area contributed by atoms with E-state index in [2.05, 4.69) is 95.6 Å². The van der Waals surface area contributed by atoms with Crippen LogP contribution in [0, 0.1) is 36.0 Å². The molecule has 2 N–H and O–H groups in total. The van der Waals surface area contributed by atoms with Gasteiger partial charge in [-0.25, -0.2) is 50.5 Å². The first kappa shape index (κ1) is 100. The summed E-state index contributed by atoms with van der Waals surface area (Å²) in [5.74, 6) is 14.8. The van der Waals surface area contributed by atoms with Crippen molar-refractivity contribution in [3.63, 3.8) is 0 Å². The summed E-state index contributed by atoms with van der Waals surface area (Å²) in [4.78, 5) is 23.1. The lowest BCUT2D eigenvalue weighted by molar-refractivity contribution is -0.121. The van der Waals surface area contributed by atoms with E-state index in [1.54, 1.807) is 84.0 Å². The highest BCUT2D eigenvalue weighted by Gasteiger charge is 2.52. The summed E-state index contributed by atoms with van der Waals surface area (Å²) in [6, 6.07) is 41.5. The molecular formula is C85H113Cl3N6O16S6. The average molecular weight is 1770 g/mol. The van der Waals surface area contributed by atoms with E-state index >= 15 is 0 Å². The standard InChI is InChI=1S/C25H34N2O5S2.C16H24N2O3S.C14H19NO3S.2C9H11ClO2S.C7H4.C5H9NO.ClH/c1-19(2)21-5-9-23(10-6-21)33(28,29)26-15-13-25(14-16-26)27(17-18-32-25)34(30,31)24-11-7-22(8-12-24)20(3)4;1-13(2)14-3-5-15(6-4-14)22(19,20)18-10-7-16(8-11-18)17-9-12-21-16;1-11(2)12-3-5-14(6-4-12)19(17,18)15-9-7-13(16)8-10-15;2*1-7(2)8-3-5-9(6-4-8)13(10,11)12;1-3-5-7-6-4-2;7-5-1-3-6-4-2-5;/h5-12,19-20H,13-18H2,1-4H3;3-6,13,17H,7-12H2,1-2H3;3-6,11H,7-10H2,1-2H3;2*3-7H,1-2H3;1H,2H3;6H,1-4H2;1H. The highest BCUT2D eigenvalue weighted by molar-refractivity contribution is 8.14. The minimum atomic E-state index is -3.77. The Balaban J connectivity index is 0.000000257. The minimum Gasteiger partial charge on any atom is -0.359 e. The Labute approximate surface area is 706 Å². The summed E-state index contributed by atoms with van der Waals surface area (Å²) >= 11 is 0. The van der Waals surface area contributed by atoms with Gasteiger partial charge in [-0.05, 0) is 172 Å². The van der Waals surface area contributed by atoms with Crippen LogP contribution in [0.1, 0.15) is 210 Å². The number of carbonyl (C=O) groups is 2. The number of ether oxygens (including phenoxy) is 2. The first-order chi connectivity index (χ1) is 53.9. The second kappa shape index (κ2) is 45.3. The number of nitrogens with one attached hydrogen (secondary N) is 2. The van der Waals surface area contributed by atoms with Gasteiger partial charge in [0.05, 0.1) is 42.6 Å². The fourth-order valence-electron chi connectivity index (χ4n) is 12.9. The predicted octanol–water partition coefficient (Wildman–Crippen LogP) is 14.7. The molecule has 6 saturated heterocycles. The zero-order valence-corrected chi connectivity index (χ0v) is 75.7. The average Bonchev–Trinajstić information content (AvgIpc) is 1.52. The number of hydrogen-bond donors (Lipinski definition) is 2. The van der Waals surface area contributed by atoms with Crippen molar-refractivity contribution < 1.29 is 69.6 Å². The van der Waals surface area contributed by atoms with Gasteiger partial charge < -0.3 is 14.8 Å². The molecule has 0 bridgehead atoms. The Morgan fingerprint density at radius 2 is 0.664 bits per heavy atom. The fraction of sp³-hybridized carbons (Fsp3) is 0.482. The Hall–Kier alpha value is -6.41. The molecule has 0 unspecified atom stereocenters. The quantitative estimate of drug-likeness (QED) is 0.0672. The fourth-order valence-corrected chi connectivity index (χ4v) is 20.5. The van der Waals surface area contributed by atoms with Gasteiger partial charge in [-0.15, -0.1) is 18.8 Å². The van der Waals surface area contributed by atoms with E-state index in [1.807, 2.05) is 76.2 Å². The molecule has 6 fully saturated rings. The molecule has 0 atom stereocenters. The van der Waals surface area contributed by atoms with Crippen LogP contribution in [0.15, 0.2) is 175 Å². The lowest BCUT2D eigenvalue weighted by atomic mass is 10.0. The number of rotatable bonds is 16. The number of carbonyl (C=O) groups excluding carboxylic acids is 2. The number of halogens is 3. The summed E-state index contributed by atoms with van der Waals surface area (Å²) < 4.78 is 165. The molecule has 2 spiro atoms. The van der Waals surface area contributed by atoms with Crippen molar-refractivity contribution in [2.75, 3.05) is 78.7 Å². The Kier molecular flexibility index (Phi) is 39.1. The summed E-state index contributed by atoms with van der Waals surface area (Å²) in [5.41, 5.74) is 5.32. The van der Waals surface area contributed by atoms with Crippen LogP contribution in [0.25, 0.3) is 0 Å². The third-order valence-corrected chi connectivity index (χ3v) is 30.6. The topological polar surface area (TPSA) is 294 Å². The van der Waals surface area contributed by atoms with Gasteiger partial charge in [0, 0.05) is 138 Å². The molecule has 6 aliphatic rings. The van der Waals surface area contributed by atoms with E-state index in [4.69, 9.17) is 37.3 Å². The molecule has 6 aliphatic heterocycles. The molecule has 6 heterocycles. The van der Waals surface area contributed by atoms with Gasteiger partial charge in [-0.3, -0.25) is 14.9 Å². The van der Waals surface area contributed by atoms with Crippen molar-refractivity contribution in [1.29, 1.82) is 0 Å². The number of sulfonamides is 4. The van der Waals surface area contributed by atoms with Gasteiger partial charge in [0.15, 0.2) is 0 Å². The van der Waals surface area contributed by atoms with Gasteiger partial charge in [0.2, 0.25) is 40.1 Å². The third-order valence-electron chi connectivity index (χ3n) is 20.2. The SMILES string of the molecule is C#CC#CC#CC.CC(C)c1ccc(S(=O)(=O)Cl)cc1.CC(C)c1ccc(S(=O)(=O)Cl)cc1.CC(C)c1ccc(S(=O)(=O)N2CCC(=O)CC2)cc1.CC(C)c1ccc(S(=O)(=O)N2CCC3(CC2)NCCO3)cc1.CC(C)c1ccc(S(=O)(=O)N2CCC3(CC2)OCCN3S(=O)(=O)c2ccc(C(C)C)cc2)cc1.Cl.O=C1CCNCC1. The number of Topliss-reactive ketones (excluding diaryl/α,β-unsaturated/α-hetero) is 2. The normalized spacial score (nSPS) is 17.3. The highest BCUT2D eigenvalue weighted by Crippen LogP contribution is 2.40. The smallest absolute Gasteiger partial charge is 0.261 e. The van der Waals surface area contributed by atoms with E-state index in [-0.39, 0.29) is 63.1 Å². The van der Waals surface area contributed by atoms with Crippen molar-refractivity contribution in [2.45, 2.75) is 218 Å². The first-order valence-corrected chi connectivity index (χ1v) is 49.0. The summed E-state index contributed by atoms with van der Waals surface area (Å²) in [6.07, 6.45) is 8.89. The Morgan fingerprint density at radius 3 is 0.931 bits per heavy atom. The Morgan fingerprint density at radius 1 is 0.371 bits per heavy atom. The molecule has 0 radical (unpaired) electrons. The number of nitrogens with zero attached hydrogens (tertiary/aromatic N) is 4.